The molecule has 2 fully saturated rings. The molecular formula is C10H17NO2. The fraction of sp³-hybridized carbons (Fsp3) is 0.900. The first-order valence-corrected chi connectivity index (χ1v) is 4.98. The minimum absolute atomic E-state index is 0.0429. The predicted molar refractivity (Wildman–Crippen MR) is 49.2 cm³/mol. The number of hydrogen-bond donors (Lipinski definition) is 0. The SMILES string of the molecule is COC(=O)C1C2CC2CN1C(C)C. The van der Waals surface area contributed by atoms with E-state index in [2.05, 4.69) is 18.7 Å². The van der Waals surface area contributed by atoms with Crippen molar-refractivity contribution >= 4 is 5.97 Å². The lowest BCUT2D eigenvalue weighted by atomic mass is 10.1. The van der Waals surface area contributed by atoms with Gasteiger partial charge in [0.25, 0.3) is 0 Å². The maximum atomic E-state index is 11.5. The minimum Gasteiger partial charge on any atom is -0.468 e. The van der Waals surface area contributed by atoms with Crippen molar-refractivity contribution in [3.05, 3.63) is 0 Å². The highest BCUT2D eigenvalue weighted by Gasteiger charge is 2.56. The molecule has 3 nitrogen and oxygen atoms in total. The van der Waals surface area contributed by atoms with Gasteiger partial charge in [-0.05, 0) is 32.1 Å². The maximum absolute atomic E-state index is 11.5. The summed E-state index contributed by atoms with van der Waals surface area (Å²) in [6.45, 7) is 5.36. The molecule has 0 aromatic heterocycles. The van der Waals surface area contributed by atoms with Gasteiger partial charge in [0.2, 0.25) is 0 Å². The Morgan fingerprint density at radius 2 is 2.23 bits per heavy atom. The van der Waals surface area contributed by atoms with Crippen LogP contribution in [0.1, 0.15) is 20.3 Å². The average molecular weight is 183 g/mol. The molecule has 1 saturated heterocycles. The summed E-state index contributed by atoms with van der Waals surface area (Å²) in [5, 5.41) is 0. The van der Waals surface area contributed by atoms with Crippen LogP contribution in [0.15, 0.2) is 0 Å². The fourth-order valence-electron chi connectivity index (χ4n) is 2.46. The van der Waals surface area contributed by atoms with Crippen molar-refractivity contribution in [3.63, 3.8) is 0 Å². The molecular weight excluding hydrogens is 166 g/mol. The van der Waals surface area contributed by atoms with Crippen LogP contribution in [0, 0.1) is 11.8 Å². The van der Waals surface area contributed by atoms with Gasteiger partial charge in [-0.2, -0.15) is 0 Å². The highest BCUT2D eigenvalue weighted by molar-refractivity contribution is 5.77. The molecule has 2 aliphatic rings. The third kappa shape index (κ3) is 1.35. The number of likely N-dealkylation sites (tertiary alicyclic amines) is 1. The van der Waals surface area contributed by atoms with Crippen LogP contribution < -0.4 is 0 Å². The topological polar surface area (TPSA) is 29.5 Å². The average Bonchev–Trinajstić information content (AvgIpc) is 2.76. The van der Waals surface area contributed by atoms with Gasteiger partial charge in [0.05, 0.1) is 7.11 Å². The van der Waals surface area contributed by atoms with Crippen LogP contribution in [0.4, 0.5) is 0 Å². The van der Waals surface area contributed by atoms with Crippen LogP contribution in [-0.2, 0) is 9.53 Å². The monoisotopic (exact) mass is 183 g/mol. The van der Waals surface area contributed by atoms with Crippen molar-refractivity contribution in [2.24, 2.45) is 11.8 Å². The van der Waals surface area contributed by atoms with E-state index in [0.29, 0.717) is 12.0 Å². The molecule has 0 bridgehead atoms. The second-order valence-corrected chi connectivity index (χ2v) is 4.42. The molecule has 0 amide bonds. The largest absolute Gasteiger partial charge is 0.468 e. The van der Waals surface area contributed by atoms with Crippen molar-refractivity contribution in [1.82, 2.24) is 4.90 Å². The Labute approximate surface area is 79.0 Å². The Bertz CT molecular complexity index is 227. The summed E-state index contributed by atoms with van der Waals surface area (Å²) >= 11 is 0. The van der Waals surface area contributed by atoms with Crippen molar-refractivity contribution in [2.45, 2.75) is 32.4 Å². The number of methoxy groups -OCH3 is 1. The van der Waals surface area contributed by atoms with Gasteiger partial charge in [0, 0.05) is 12.6 Å². The lowest BCUT2D eigenvalue weighted by molar-refractivity contribution is -0.147. The molecule has 1 aliphatic heterocycles. The maximum Gasteiger partial charge on any atom is 0.323 e. The number of fused-ring (bicyclic) bond motifs is 1. The zero-order chi connectivity index (χ0) is 9.59. The Morgan fingerprint density at radius 1 is 1.54 bits per heavy atom. The minimum atomic E-state index is -0.0429. The van der Waals surface area contributed by atoms with Gasteiger partial charge in [-0.3, -0.25) is 9.69 Å². The number of esters is 1. The molecule has 1 heterocycles. The first-order valence-electron chi connectivity index (χ1n) is 4.98. The molecule has 1 saturated carbocycles. The number of carbonyl (C=O) groups is 1. The second kappa shape index (κ2) is 2.98. The van der Waals surface area contributed by atoms with Crippen molar-refractivity contribution in [3.8, 4) is 0 Å². The normalized spacial score (nSPS) is 37.7. The van der Waals surface area contributed by atoms with Crippen LogP contribution in [0.5, 0.6) is 0 Å². The molecule has 0 aromatic carbocycles. The molecule has 3 heteroatoms. The van der Waals surface area contributed by atoms with Gasteiger partial charge in [0.1, 0.15) is 6.04 Å². The number of carbonyl (C=O) groups excluding carboxylic acids is 1. The number of nitrogens with zero attached hydrogens (tertiary/aromatic N) is 1. The van der Waals surface area contributed by atoms with Gasteiger partial charge >= 0.3 is 5.97 Å². The number of ether oxygens (including phenoxy) is 1. The zero-order valence-corrected chi connectivity index (χ0v) is 8.49. The molecule has 0 N–H and O–H groups in total. The van der Waals surface area contributed by atoms with E-state index in [0.717, 1.165) is 12.5 Å². The molecule has 2 rings (SSSR count). The van der Waals surface area contributed by atoms with E-state index in [1.54, 1.807) is 0 Å². The van der Waals surface area contributed by atoms with E-state index in [-0.39, 0.29) is 12.0 Å². The third-order valence-electron chi connectivity index (χ3n) is 3.29. The van der Waals surface area contributed by atoms with E-state index < -0.39 is 0 Å². The molecule has 1 aliphatic carbocycles. The second-order valence-electron chi connectivity index (χ2n) is 4.42. The molecule has 3 unspecified atom stereocenters. The van der Waals surface area contributed by atoms with Gasteiger partial charge in [0.15, 0.2) is 0 Å². The zero-order valence-electron chi connectivity index (χ0n) is 8.49. The van der Waals surface area contributed by atoms with Crippen LogP contribution in [0.25, 0.3) is 0 Å². The Hall–Kier alpha value is -0.570. The van der Waals surface area contributed by atoms with E-state index in [1.165, 1.54) is 13.5 Å². The van der Waals surface area contributed by atoms with Crippen LogP contribution in [-0.4, -0.2) is 36.6 Å². The predicted octanol–water partition coefficient (Wildman–Crippen LogP) is 0.888. The summed E-state index contributed by atoms with van der Waals surface area (Å²) in [4.78, 5) is 13.8. The summed E-state index contributed by atoms with van der Waals surface area (Å²) in [5.74, 6) is 1.32. The van der Waals surface area contributed by atoms with Crippen molar-refractivity contribution < 1.29 is 9.53 Å². The molecule has 0 aromatic rings. The number of rotatable bonds is 2. The quantitative estimate of drug-likeness (QED) is 0.595. The summed E-state index contributed by atoms with van der Waals surface area (Å²) in [6, 6.07) is 0.506. The summed E-state index contributed by atoms with van der Waals surface area (Å²) in [5.41, 5.74) is 0. The Morgan fingerprint density at radius 3 is 2.77 bits per heavy atom. The van der Waals surface area contributed by atoms with E-state index >= 15 is 0 Å². The van der Waals surface area contributed by atoms with Gasteiger partial charge < -0.3 is 4.74 Å². The lowest BCUT2D eigenvalue weighted by Gasteiger charge is -2.28. The van der Waals surface area contributed by atoms with Gasteiger partial charge in [-0.15, -0.1) is 0 Å². The van der Waals surface area contributed by atoms with E-state index in [1.807, 2.05) is 0 Å². The van der Waals surface area contributed by atoms with Crippen LogP contribution >= 0.6 is 0 Å². The smallest absolute Gasteiger partial charge is 0.323 e. The van der Waals surface area contributed by atoms with Crippen molar-refractivity contribution in [1.29, 1.82) is 0 Å². The number of piperidine rings is 1. The number of hydrogen-bond acceptors (Lipinski definition) is 3. The first-order chi connectivity index (χ1) is 6.15. The van der Waals surface area contributed by atoms with E-state index in [4.69, 9.17) is 4.74 Å². The van der Waals surface area contributed by atoms with Gasteiger partial charge in [-0.1, -0.05) is 0 Å². The van der Waals surface area contributed by atoms with Gasteiger partial charge in [-0.25, -0.2) is 0 Å². The summed E-state index contributed by atoms with van der Waals surface area (Å²) < 4.78 is 4.83. The standard InChI is InChI=1S/C10H17NO2/c1-6(2)11-5-7-4-8(7)9(11)10(12)13-3/h6-9H,4-5H2,1-3H3. The lowest BCUT2D eigenvalue weighted by Crippen LogP contribution is -2.43. The highest BCUT2D eigenvalue weighted by atomic mass is 16.5. The van der Waals surface area contributed by atoms with Crippen molar-refractivity contribution in [2.75, 3.05) is 13.7 Å². The molecule has 74 valence electrons. The third-order valence-corrected chi connectivity index (χ3v) is 3.29. The summed E-state index contributed by atoms with van der Waals surface area (Å²) in [6.07, 6.45) is 1.23. The highest BCUT2D eigenvalue weighted by Crippen LogP contribution is 2.50. The fourth-order valence-corrected chi connectivity index (χ4v) is 2.46. The first kappa shape index (κ1) is 9.00. The molecule has 0 radical (unpaired) electrons. The Balaban J connectivity index is 2.09. The van der Waals surface area contributed by atoms with E-state index in [9.17, 15) is 4.79 Å². The van der Waals surface area contributed by atoms with Crippen LogP contribution in [0.2, 0.25) is 0 Å². The molecule has 0 spiro atoms. The molecule has 3 atom stereocenters. The molecule has 13 heavy (non-hydrogen) atoms. The summed E-state index contributed by atoms with van der Waals surface area (Å²) in [7, 11) is 1.48. The Kier molecular flexibility index (Phi) is 2.06. The van der Waals surface area contributed by atoms with Crippen LogP contribution in [0.3, 0.4) is 0 Å².